The summed E-state index contributed by atoms with van der Waals surface area (Å²) >= 11 is 0. The Balaban J connectivity index is 1.45. The highest BCUT2D eigenvalue weighted by molar-refractivity contribution is 5.55. The summed E-state index contributed by atoms with van der Waals surface area (Å²) in [5, 5.41) is 0. The molecule has 1 aromatic heterocycles. The van der Waals surface area contributed by atoms with E-state index in [1.807, 2.05) is 0 Å². The highest BCUT2D eigenvalue weighted by Crippen LogP contribution is 2.29. The lowest BCUT2D eigenvalue weighted by Gasteiger charge is -2.24. The largest absolute Gasteiger partial charge is 0.236 e. The van der Waals surface area contributed by atoms with Crippen molar-refractivity contribution >= 4 is 0 Å². The first kappa shape index (κ1) is 24.0. The third-order valence-electron chi connectivity index (χ3n) is 7.21. The van der Waals surface area contributed by atoms with E-state index in [1.165, 1.54) is 93.9 Å². The van der Waals surface area contributed by atoms with Crippen LogP contribution in [0.4, 0.5) is 0 Å². The van der Waals surface area contributed by atoms with Gasteiger partial charge in [-0.05, 0) is 48.6 Å². The fraction of sp³-hybridized carbons (Fsp3) is 0.655. The Morgan fingerprint density at radius 1 is 0.935 bits per heavy atom. The first-order valence-electron chi connectivity index (χ1n) is 13.1. The second kappa shape index (κ2) is 13.0. The molecule has 0 amide bonds. The number of hydrogen-bond donors (Lipinski definition) is 0. The van der Waals surface area contributed by atoms with Crippen LogP contribution in [0.1, 0.15) is 108 Å². The predicted octanol–water partition coefficient (Wildman–Crippen LogP) is 8.37. The van der Waals surface area contributed by atoms with Gasteiger partial charge in [-0.1, -0.05) is 109 Å². The van der Waals surface area contributed by atoms with E-state index in [1.54, 1.807) is 0 Å². The van der Waals surface area contributed by atoms with Crippen molar-refractivity contribution in [2.24, 2.45) is 11.8 Å². The lowest BCUT2D eigenvalue weighted by atomic mass is 9.84. The molecule has 1 aliphatic carbocycles. The van der Waals surface area contributed by atoms with E-state index in [0.29, 0.717) is 0 Å². The molecule has 0 bridgehead atoms. The molecular formula is C29H44N2. The highest BCUT2D eigenvalue weighted by Gasteiger charge is 2.20. The van der Waals surface area contributed by atoms with Crippen molar-refractivity contribution in [1.82, 2.24) is 9.97 Å². The van der Waals surface area contributed by atoms with Gasteiger partial charge in [-0.25, -0.2) is 9.97 Å². The summed E-state index contributed by atoms with van der Waals surface area (Å²) in [4.78, 5) is 9.70. The molecule has 0 radical (unpaired) electrons. The molecule has 2 aromatic rings. The Morgan fingerprint density at radius 3 is 2.35 bits per heavy atom. The van der Waals surface area contributed by atoms with Crippen molar-refractivity contribution in [2.45, 2.75) is 111 Å². The minimum absolute atomic E-state index is 0.740. The Morgan fingerprint density at radius 2 is 1.65 bits per heavy atom. The van der Waals surface area contributed by atoms with E-state index in [9.17, 15) is 0 Å². The average Bonchev–Trinajstić information content (AvgIpc) is 2.81. The zero-order valence-corrected chi connectivity index (χ0v) is 20.3. The van der Waals surface area contributed by atoms with Gasteiger partial charge in [0, 0.05) is 17.5 Å². The van der Waals surface area contributed by atoms with Gasteiger partial charge in [0.05, 0.1) is 0 Å². The Bertz CT molecular complexity index is 765. The maximum Gasteiger partial charge on any atom is 0.159 e. The van der Waals surface area contributed by atoms with E-state index >= 15 is 0 Å². The van der Waals surface area contributed by atoms with Crippen LogP contribution in [0.15, 0.2) is 30.5 Å². The minimum atomic E-state index is 0.740. The SMILES string of the molecule is CCCCCCCCCCC1CCc2nc(-c3ccc(CC(C)CC)cc3)ncc2C1. The molecule has 1 heterocycles. The van der Waals surface area contributed by atoms with Crippen molar-refractivity contribution in [3.8, 4) is 11.4 Å². The van der Waals surface area contributed by atoms with Gasteiger partial charge in [0.25, 0.3) is 0 Å². The van der Waals surface area contributed by atoms with Crippen molar-refractivity contribution in [1.29, 1.82) is 0 Å². The molecule has 0 spiro atoms. The molecule has 31 heavy (non-hydrogen) atoms. The summed E-state index contributed by atoms with van der Waals surface area (Å²) in [6.45, 7) is 6.88. The molecule has 0 N–H and O–H groups in total. The maximum absolute atomic E-state index is 4.96. The average molecular weight is 421 g/mol. The van der Waals surface area contributed by atoms with Gasteiger partial charge in [-0.3, -0.25) is 0 Å². The van der Waals surface area contributed by atoms with Crippen molar-refractivity contribution in [2.75, 3.05) is 0 Å². The molecule has 0 saturated heterocycles. The Kier molecular flexibility index (Phi) is 10.0. The van der Waals surface area contributed by atoms with Crippen LogP contribution in [-0.2, 0) is 19.3 Å². The van der Waals surface area contributed by atoms with Crippen LogP contribution in [0.25, 0.3) is 11.4 Å². The molecule has 170 valence electrons. The smallest absolute Gasteiger partial charge is 0.159 e. The minimum Gasteiger partial charge on any atom is -0.236 e. The van der Waals surface area contributed by atoms with Gasteiger partial charge < -0.3 is 0 Å². The molecule has 0 aliphatic heterocycles. The van der Waals surface area contributed by atoms with Gasteiger partial charge in [0.1, 0.15) is 0 Å². The molecule has 2 atom stereocenters. The van der Waals surface area contributed by atoms with Crippen LogP contribution in [0.3, 0.4) is 0 Å². The quantitative estimate of drug-likeness (QED) is 0.304. The summed E-state index contributed by atoms with van der Waals surface area (Å²) in [6, 6.07) is 8.91. The van der Waals surface area contributed by atoms with Gasteiger partial charge >= 0.3 is 0 Å². The number of rotatable bonds is 13. The lowest BCUT2D eigenvalue weighted by Crippen LogP contribution is -2.16. The molecule has 0 saturated carbocycles. The number of unbranched alkanes of at least 4 members (excludes halogenated alkanes) is 7. The second-order valence-corrected chi connectivity index (χ2v) is 9.95. The summed E-state index contributed by atoms with van der Waals surface area (Å²) in [5.74, 6) is 2.47. The molecule has 2 unspecified atom stereocenters. The number of benzene rings is 1. The molecular weight excluding hydrogens is 376 g/mol. The van der Waals surface area contributed by atoms with Gasteiger partial charge in [-0.2, -0.15) is 0 Å². The molecule has 3 rings (SSSR count). The summed E-state index contributed by atoms with van der Waals surface area (Å²) in [5.41, 5.74) is 5.26. The Labute approximate surface area is 191 Å². The standard InChI is InChI=1S/C29H44N2/c1-4-6-7-8-9-10-11-12-13-24-16-19-28-27(21-24)22-30-29(31-28)26-17-14-25(15-18-26)20-23(3)5-2/h14-15,17-18,22-24H,4-13,16,19-21H2,1-3H3. The fourth-order valence-corrected chi connectivity index (χ4v) is 4.87. The number of hydrogen-bond acceptors (Lipinski definition) is 2. The van der Waals surface area contributed by atoms with Gasteiger partial charge in [0.2, 0.25) is 0 Å². The van der Waals surface area contributed by atoms with Crippen LogP contribution in [-0.4, -0.2) is 9.97 Å². The summed E-state index contributed by atoms with van der Waals surface area (Å²) in [6.07, 6.45) is 20.8. The first-order valence-corrected chi connectivity index (χ1v) is 13.1. The number of nitrogens with zero attached hydrogens (tertiary/aromatic N) is 2. The Hall–Kier alpha value is -1.70. The van der Waals surface area contributed by atoms with Gasteiger partial charge in [0.15, 0.2) is 5.82 Å². The number of aromatic nitrogens is 2. The van der Waals surface area contributed by atoms with Crippen LogP contribution in [0.2, 0.25) is 0 Å². The molecule has 1 aliphatic rings. The third-order valence-corrected chi connectivity index (χ3v) is 7.21. The lowest BCUT2D eigenvalue weighted by molar-refractivity contribution is 0.399. The molecule has 2 nitrogen and oxygen atoms in total. The maximum atomic E-state index is 4.96. The highest BCUT2D eigenvalue weighted by atomic mass is 14.9. The zero-order chi connectivity index (χ0) is 21.9. The van der Waals surface area contributed by atoms with E-state index in [4.69, 9.17) is 9.97 Å². The summed E-state index contributed by atoms with van der Waals surface area (Å²) < 4.78 is 0. The molecule has 2 heteroatoms. The van der Waals surface area contributed by atoms with Gasteiger partial charge in [-0.15, -0.1) is 0 Å². The van der Waals surface area contributed by atoms with Crippen LogP contribution >= 0.6 is 0 Å². The van der Waals surface area contributed by atoms with Crippen LogP contribution < -0.4 is 0 Å². The van der Waals surface area contributed by atoms with Crippen molar-refractivity contribution in [3.63, 3.8) is 0 Å². The normalized spacial score (nSPS) is 16.8. The summed E-state index contributed by atoms with van der Waals surface area (Å²) in [7, 11) is 0. The van der Waals surface area contributed by atoms with Crippen LogP contribution in [0, 0.1) is 11.8 Å². The molecule has 1 aromatic carbocycles. The molecule has 0 fully saturated rings. The third kappa shape index (κ3) is 7.74. The van der Waals surface area contributed by atoms with E-state index in [-0.39, 0.29) is 0 Å². The topological polar surface area (TPSA) is 25.8 Å². The predicted molar refractivity (Wildman–Crippen MR) is 133 cm³/mol. The van der Waals surface area contributed by atoms with Crippen LogP contribution in [0.5, 0.6) is 0 Å². The first-order chi connectivity index (χ1) is 15.2. The number of fused-ring (bicyclic) bond motifs is 1. The monoisotopic (exact) mass is 420 g/mol. The fourth-order valence-electron chi connectivity index (χ4n) is 4.87. The zero-order valence-electron chi connectivity index (χ0n) is 20.3. The van der Waals surface area contributed by atoms with Crippen molar-refractivity contribution < 1.29 is 0 Å². The second-order valence-electron chi connectivity index (χ2n) is 9.95. The van der Waals surface area contributed by atoms with E-state index < -0.39 is 0 Å². The van der Waals surface area contributed by atoms with E-state index in [0.717, 1.165) is 36.1 Å². The number of aryl methyl sites for hydroxylation is 1. The van der Waals surface area contributed by atoms with Crippen molar-refractivity contribution in [3.05, 3.63) is 47.3 Å². The van der Waals surface area contributed by atoms with E-state index in [2.05, 4.69) is 51.2 Å².